The van der Waals surface area contributed by atoms with Crippen LogP contribution in [0, 0.1) is 0 Å². The zero-order chi connectivity index (χ0) is 23.5. The number of esters is 1. The molecule has 33 heavy (non-hydrogen) atoms. The van der Waals surface area contributed by atoms with Gasteiger partial charge in [-0.25, -0.2) is 0 Å². The molecule has 0 aliphatic carbocycles. The van der Waals surface area contributed by atoms with E-state index in [1.807, 2.05) is 18.3 Å². The van der Waals surface area contributed by atoms with Gasteiger partial charge in [-0.15, -0.1) is 0 Å². The van der Waals surface area contributed by atoms with Gasteiger partial charge in [0, 0.05) is 41.5 Å². The first kappa shape index (κ1) is 24.2. The fourth-order valence-electron chi connectivity index (χ4n) is 3.39. The molecule has 3 aromatic rings. The number of amides is 1. The van der Waals surface area contributed by atoms with Gasteiger partial charge in [0.15, 0.2) is 0 Å². The minimum atomic E-state index is -0.196. The number of hydrogen-bond acceptors (Lipinski definition) is 4. The van der Waals surface area contributed by atoms with Crippen LogP contribution in [0.4, 0.5) is 0 Å². The van der Waals surface area contributed by atoms with Crippen LogP contribution < -0.4 is 5.32 Å². The number of methoxy groups -OCH3 is 1. The third kappa shape index (κ3) is 7.58. The number of halogens is 1. The minimum absolute atomic E-state index is 0.114. The van der Waals surface area contributed by atoms with Gasteiger partial charge >= 0.3 is 5.97 Å². The predicted molar refractivity (Wildman–Crippen MR) is 131 cm³/mol. The molecule has 2 aromatic carbocycles. The van der Waals surface area contributed by atoms with Gasteiger partial charge in [-0.2, -0.15) is 0 Å². The van der Waals surface area contributed by atoms with Gasteiger partial charge < -0.3 is 10.1 Å². The van der Waals surface area contributed by atoms with Gasteiger partial charge in [0.1, 0.15) is 0 Å². The van der Waals surface area contributed by atoms with Gasteiger partial charge in [-0.3, -0.25) is 14.6 Å². The Balaban J connectivity index is 1.61. The summed E-state index contributed by atoms with van der Waals surface area (Å²) in [5, 5.41) is 3.55. The molecule has 5 nitrogen and oxygen atoms in total. The van der Waals surface area contributed by atoms with Crippen molar-refractivity contribution in [3.05, 3.63) is 106 Å². The number of carbonyl (C=O) groups is 2. The summed E-state index contributed by atoms with van der Waals surface area (Å²) in [7, 11) is 1.41. The van der Waals surface area contributed by atoms with Gasteiger partial charge in [-0.05, 0) is 66.3 Å². The number of allylic oxidation sites excluding steroid dienone is 1. The van der Waals surface area contributed by atoms with Crippen LogP contribution in [0.2, 0.25) is 5.02 Å². The maximum Gasteiger partial charge on any atom is 0.305 e. The molecule has 170 valence electrons. The Bertz CT molecular complexity index is 1080. The van der Waals surface area contributed by atoms with E-state index < -0.39 is 0 Å². The van der Waals surface area contributed by atoms with Gasteiger partial charge in [0.05, 0.1) is 7.11 Å². The molecular formula is C27H27ClN2O3. The van der Waals surface area contributed by atoms with E-state index in [0.29, 0.717) is 23.6 Å². The molecule has 1 aromatic heterocycles. The molecule has 0 bridgehead atoms. The first-order chi connectivity index (χ1) is 16.1. The first-order valence-electron chi connectivity index (χ1n) is 10.9. The quantitative estimate of drug-likeness (QED) is 0.320. The summed E-state index contributed by atoms with van der Waals surface area (Å²) < 4.78 is 4.72. The van der Waals surface area contributed by atoms with E-state index >= 15 is 0 Å². The van der Waals surface area contributed by atoms with Crippen molar-refractivity contribution in [3.63, 3.8) is 0 Å². The van der Waals surface area contributed by atoms with Crippen LogP contribution in [0.3, 0.4) is 0 Å². The smallest absolute Gasteiger partial charge is 0.305 e. The van der Waals surface area contributed by atoms with Crippen LogP contribution in [0.1, 0.15) is 46.3 Å². The number of nitrogens with zero attached hydrogens (tertiary/aromatic N) is 1. The molecule has 0 aliphatic rings. The van der Waals surface area contributed by atoms with Crippen molar-refractivity contribution >= 4 is 29.1 Å². The highest BCUT2D eigenvalue weighted by atomic mass is 35.5. The predicted octanol–water partition coefficient (Wildman–Crippen LogP) is 5.48. The van der Waals surface area contributed by atoms with E-state index in [4.69, 9.17) is 16.3 Å². The summed E-state index contributed by atoms with van der Waals surface area (Å²) >= 11 is 5.87. The summed E-state index contributed by atoms with van der Waals surface area (Å²) in [6.07, 6.45) is 8.34. The molecular weight excluding hydrogens is 436 g/mol. The minimum Gasteiger partial charge on any atom is -0.469 e. The monoisotopic (exact) mass is 462 g/mol. The molecule has 0 atom stereocenters. The van der Waals surface area contributed by atoms with Crippen LogP contribution in [-0.4, -0.2) is 30.5 Å². The second-order valence-corrected chi connectivity index (χ2v) is 7.97. The topological polar surface area (TPSA) is 68.3 Å². The molecule has 0 saturated heterocycles. The Morgan fingerprint density at radius 2 is 1.73 bits per heavy atom. The number of rotatable bonds is 10. The molecule has 0 fully saturated rings. The lowest BCUT2D eigenvalue weighted by molar-refractivity contribution is -0.140. The summed E-state index contributed by atoms with van der Waals surface area (Å²) in [6, 6.07) is 19.1. The van der Waals surface area contributed by atoms with E-state index in [9.17, 15) is 9.59 Å². The van der Waals surface area contributed by atoms with Crippen molar-refractivity contribution < 1.29 is 14.3 Å². The van der Waals surface area contributed by atoms with Gasteiger partial charge in [-0.1, -0.05) is 48.0 Å². The fourth-order valence-corrected chi connectivity index (χ4v) is 3.52. The molecule has 1 amide bonds. The largest absolute Gasteiger partial charge is 0.469 e. The number of unbranched alkanes of at least 4 members (excludes halogenated alkanes) is 1. The van der Waals surface area contributed by atoms with E-state index in [2.05, 4.69) is 40.6 Å². The highest BCUT2D eigenvalue weighted by molar-refractivity contribution is 6.30. The number of benzene rings is 2. The zero-order valence-electron chi connectivity index (χ0n) is 18.6. The number of ether oxygens (including phenoxy) is 1. The van der Waals surface area contributed by atoms with Crippen LogP contribution >= 0.6 is 11.6 Å². The maximum atomic E-state index is 12.2. The number of hydrogen-bond donors (Lipinski definition) is 1. The Labute approximate surface area is 199 Å². The average Bonchev–Trinajstić information content (AvgIpc) is 2.85. The number of carbonyl (C=O) groups excluding carboxylic acids is 2. The number of nitrogens with one attached hydrogen (secondary N) is 1. The highest BCUT2D eigenvalue weighted by Crippen LogP contribution is 2.24. The molecule has 0 spiro atoms. The average molecular weight is 463 g/mol. The number of pyridine rings is 1. The van der Waals surface area contributed by atoms with Crippen molar-refractivity contribution in [2.75, 3.05) is 13.7 Å². The van der Waals surface area contributed by atoms with E-state index in [-0.39, 0.29) is 11.9 Å². The molecule has 0 radical (unpaired) electrons. The highest BCUT2D eigenvalue weighted by Gasteiger charge is 2.08. The summed E-state index contributed by atoms with van der Waals surface area (Å²) in [4.78, 5) is 27.9. The molecule has 1 heterocycles. The summed E-state index contributed by atoms with van der Waals surface area (Å²) in [5.74, 6) is -0.309. The molecule has 3 rings (SSSR count). The lowest BCUT2D eigenvalue weighted by Gasteiger charge is -2.10. The molecule has 0 unspecified atom stereocenters. The van der Waals surface area contributed by atoms with Crippen LogP contribution in [0.25, 0.3) is 5.57 Å². The van der Waals surface area contributed by atoms with Crippen molar-refractivity contribution in [1.82, 2.24) is 10.3 Å². The Morgan fingerprint density at radius 3 is 2.39 bits per heavy atom. The summed E-state index contributed by atoms with van der Waals surface area (Å²) in [5.41, 5.74) is 4.91. The van der Waals surface area contributed by atoms with Crippen molar-refractivity contribution in [2.24, 2.45) is 0 Å². The van der Waals surface area contributed by atoms with E-state index in [0.717, 1.165) is 41.5 Å². The van der Waals surface area contributed by atoms with Crippen molar-refractivity contribution in [3.8, 4) is 0 Å². The van der Waals surface area contributed by atoms with E-state index in [1.54, 1.807) is 30.5 Å². The van der Waals surface area contributed by atoms with Crippen molar-refractivity contribution in [2.45, 2.75) is 25.7 Å². The van der Waals surface area contributed by atoms with Crippen LogP contribution in [-0.2, 0) is 16.0 Å². The third-order valence-electron chi connectivity index (χ3n) is 5.20. The first-order valence-corrected chi connectivity index (χ1v) is 11.2. The Kier molecular flexibility index (Phi) is 9.21. The maximum absolute atomic E-state index is 12.2. The van der Waals surface area contributed by atoms with Gasteiger partial charge in [0.25, 0.3) is 5.91 Å². The SMILES string of the molecule is COC(=O)CCC/C=C(\c1ccc(CCNC(=O)c2ccc(Cl)cc2)cc1)c1cccnc1. The number of aromatic nitrogens is 1. The molecule has 6 heteroatoms. The van der Waals surface area contributed by atoms with Crippen LogP contribution in [0.5, 0.6) is 0 Å². The molecule has 1 N–H and O–H groups in total. The zero-order valence-corrected chi connectivity index (χ0v) is 19.3. The standard InChI is InChI=1S/C27H27ClN2O3/c1-33-26(31)7-3-2-6-25(23-5-4-17-29-19-23)21-10-8-20(9-11-21)16-18-30-27(32)22-12-14-24(28)15-13-22/h4-6,8-15,17,19H,2-3,7,16,18H2,1H3,(H,30,32)/b25-6+. The van der Waals surface area contributed by atoms with Crippen molar-refractivity contribution in [1.29, 1.82) is 0 Å². The fraction of sp³-hybridized carbons (Fsp3) is 0.222. The second kappa shape index (κ2) is 12.6. The molecule has 0 aliphatic heterocycles. The third-order valence-corrected chi connectivity index (χ3v) is 5.46. The Morgan fingerprint density at radius 1 is 1.00 bits per heavy atom. The second-order valence-electron chi connectivity index (χ2n) is 7.54. The molecule has 0 saturated carbocycles. The normalized spacial score (nSPS) is 11.2. The summed E-state index contributed by atoms with van der Waals surface area (Å²) in [6.45, 7) is 0.541. The lowest BCUT2D eigenvalue weighted by atomic mass is 9.96. The lowest BCUT2D eigenvalue weighted by Crippen LogP contribution is -2.25. The van der Waals surface area contributed by atoms with Crippen LogP contribution in [0.15, 0.2) is 79.1 Å². The Hall–Kier alpha value is -3.44. The van der Waals surface area contributed by atoms with E-state index in [1.165, 1.54) is 7.11 Å². The van der Waals surface area contributed by atoms with Gasteiger partial charge in [0.2, 0.25) is 0 Å².